The van der Waals surface area contributed by atoms with Gasteiger partial charge in [-0.15, -0.1) is 0 Å². The van der Waals surface area contributed by atoms with Gasteiger partial charge in [0.25, 0.3) is 0 Å². The smallest absolute Gasteiger partial charge is 0.164 e. The van der Waals surface area contributed by atoms with E-state index in [0.29, 0.717) is 6.61 Å². The molecule has 1 aromatic carbocycles. The van der Waals surface area contributed by atoms with Gasteiger partial charge in [-0.3, -0.25) is 4.79 Å². The number of aliphatic carboxylic acids is 1. The van der Waals surface area contributed by atoms with Gasteiger partial charge in [0.15, 0.2) is 5.78 Å². The molecule has 0 aromatic heterocycles. The number of hydrogen-bond acceptors (Lipinski definition) is 4. The lowest BCUT2D eigenvalue weighted by atomic mass is 10.2. The monoisotopic (exact) mass is 207 g/mol. The topological polar surface area (TPSA) is 66.4 Å². The molecule has 0 saturated carbocycles. The van der Waals surface area contributed by atoms with Crippen LogP contribution in [0.5, 0.6) is 0 Å². The Morgan fingerprint density at radius 1 is 1.20 bits per heavy atom. The molecule has 0 bridgehead atoms. The molecule has 0 atom stereocenters. The van der Waals surface area contributed by atoms with Crippen LogP contribution in [-0.2, 0) is 20.9 Å². The number of ether oxygens (including phenoxy) is 1. The minimum Gasteiger partial charge on any atom is -0.550 e. The Balaban J connectivity index is 2.22. The molecule has 0 heterocycles. The van der Waals surface area contributed by atoms with Crippen molar-refractivity contribution in [3.8, 4) is 0 Å². The number of benzene rings is 1. The Morgan fingerprint density at radius 2 is 1.87 bits per heavy atom. The fraction of sp³-hybridized carbons (Fsp3) is 0.273. The van der Waals surface area contributed by atoms with E-state index >= 15 is 0 Å². The third kappa shape index (κ3) is 4.93. The fourth-order valence-electron chi connectivity index (χ4n) is 1.07. The van der Waals surface area contributed by atoms with Gasteiger partial charge >= 0.3 is 0 Å². The van der Waals surface area contributed by atoms with E-state index in [1.807, 2.05) is 30.3 Å². The Kier molecular flexibility index (Phi) is 4.50. The first-order chi connectivity index (χ1) is 7.18. The van der Waals surface area contributed by atoms with Gasteiger partial charge in [-0.25, -0.2) is 0 Å². The summed E-state index contributed by atoms with van der Waals surface area (Å²) in [7, 11) is 0. The molecular weight excluding hydrogens is 196 g/mol. The van der Waals surface area contributed by atoms with Gasteiger partial charge in [-0.2, -0.15) is 0 Å². The molecule has 0 fully saturated rings. The van der Waals surface area contributed by atoms with Crippen molar-refractivity contribution >= 4 is 11.8 Å². The Hall–Kier alpha value is -1.68. The van der Waals surface area contributed by atoms with Gasteiger partial charge in [0.1, 0.15) is 6.61 Å². The molecule has 1 rings (SSSR count). The fourth-order valence-corrected chi connectivity index (χ4v) is 1.07. The van der Waals surface area contributed by atoms with Crippen molar-refractivity contribution in [2.24, 2.45) is 0 Å². The number of hydrogen-bond donors (Lipinski definition) is 0. The summed E-state index contributed by atoms with van der Waals surface area (Å²) >= 11 is 0. The van der Waals surface area contributed by atoms with Crippen molar-refractivity contribution in [1.29, 1.82) is 0 Å². The predicted octanol–water partition coefficient (Wildman–Crippen LogP) is -0.0877. The average Bonchev–Trinajstić information content (AvgIpc) is 2.18. The third-order valence-corrected chi connectivity index (χ3v) is 1.72. The van der Waals surface area contributed by atoms with Crippen molar-refractivity contribution < 1.29 is 19.4 Å². The molecule has 0 saturated heterocycles. The normalized spacial score (nSPS) is 9.87. The van der Waals surface area contributed by atoms with Crippen LogP contribution in [0.25, 0.3) is 0 Å². The zero-order valence-corrected chi connectivity index (χ0v) is 8.14. The molecule has 0 unspecified atom stereocenters. The quantitative estimate of drug-likeness (QED) is 0.611. The molecule has 0 radical (unpaired) electrons. The van der Waals surface area contributed by atoms with Crippen LogP contribution in [0.3, 0.4) is 0 Å². The first kappa shape index (κ1) is 11.4. The lowest BCUT2D eigenvalue weighted by Crippen LogP contribution is -2.26. The summed E-state index contributed by atoms with van der Waals surface area (Å²) < 4.78 is 5.04. The number of rotatable bonds is 6. The van der Waals surface area contributed by atoms with Crippen LogP contribution in [0, 0.1) is 0 Å². The Morgan fingerprint density at radius 3 is 2.47 bits per heavy atom. The minimum atomic E-state index is -1.37. The maximum absolute atomic E-state index is 10.9. The molecule has 1 aromatic rings. The molecule has 4 heteroatoms. The maximum Gasteiger partial charge on any atom is 0.164 e. The number of carboxylic acids is 1. The zero-order valence-electron chi connectivity index (χ0n) is 8.14. The van der Waals surface area contributed by atoms with Crippen LogP contribution in [0.4, 0.5) is 0 Å². The van der Waals surface area contributed by atoms with Crippen LogP contribution >= 0.6 is 0 Å². The number of carbonyl (C=O) groups is 2. The number of Topliss-reactive ketones (excluding diaryl/α,β-unsaturated/α-hetero) is 1. The van der Waals surface area contributed by atoms with Crippen LogP contribution in [0.15, 0.2) is 30.3 Å². The summed E-state index contributed by atoms with van der Waals surface area (Å²) in [5, 5.41) is 10.1. The minimum absolute atomic E-state index is 0.192. The van der Waals surface area contributed by atoms with E-state index < -0.39 is 18.2 Å². The van der Waals surface area contributed by atoms with Gasteiger partial charge in [0.2, 0.25) is 0 Å². The van der Waals surface area contributed by atoms with E-state index in [1.54, 1.807) is 0 Å². The second-order valence-corrected chi connectivity index (χ2v) is 3.07. The van der Waals surface area contributed by atoms with Gasteiger partial charge in [-0.1, -0.05) is 30.3 Å². The molecule has 0 aliphatic rings. The van der Waals surface area contributed by atoms with Gasteiger partial charge in [0.05, 0.1) is 6.61 Å². The van der Waals surface area contributed by atoms with Crippen molar-refractivity contribution in [2.45, 2.75) is 13.0 Å². The molecule has 15 heavy (non-hydrogen) atoms. The highest BCUT2D eigenvalue weighted by molar-refractivity contribution is 5.94. The standard InChI is InChI=1S/C11H12O4/c12-10(6-11(13)14)8-15-7-9-4-2-1-3-5-9/h1-5H,6-8H2,(H,13,14)/p-1. The Bertz CT molecular complexity index is 332. The summed E-state index contributed by atoms with van der Waals surface area (Å²) in [5.74, 6) is -1.85. The molecule has 0 aliphatic heterocycles. The highest BCUT2D eigenvalue weighted by atomic mass is 16.5. The highest BCUT2D eigenvalue weighted by Gasteiger charge is 2.02. The summed E-state index contributed by atoms with van der Waals surface area (Å²) in [5.41, 5.74) is 0.943. The lowest BCUT2D eigenvalue weighted by Gasteiger charge is -2.04. The van der Waals surface area contributed by atoms with Crippen LogP contribution < -0.4 is 5.11 Å². The lowest BCUT2D eigenvalue weighted by molar-refractivity contribution is -0.304. The summed E-state index contributed by atoms with van der Waals surface area (Å²) in [6.07, 6.45) is -0.589. The zero-order chi connectivity index (χ0) is 11.1. The maximum atomic E-state index is 10.9. The van der Waals surface area contributed by atoms with Crippen LogP contribution in [0.1, 0.15) is 12.0 Å². The molecule has 0 N–H and O–H groups in total. The van der Waals surface area contributed by atoms with E-state index in [0.717, 1.165) is 5.56 Å². The summed E-state index contributed by atoms with van der Waals surface area (Å²) in [6.45, 7) is 0.114. The van der Waals surface area contributed by atoms with E-state index in [4.69, 9.17) is 4.74 Å². The van der Waals surface area contributed by atoms with Gasteiger partial charge in [0, 0.05) is 12.4 Å². The Labute approximate surface area is 87.5 Å². The second kappa shape index (κ2) is 5.93. The van der Waals surface area contributed by atoms with E-state index in [1.165, 1.54) is 0 Å². The van der Waals surface area contributed by atoms with Gasteiger partial charge < -0.3 is 14.6 Å². The van der Waals surface area contributed by atoms with Crippen molar-refractivity contribution in [3.05, 3.63) is 35.9 Å². The summed E-state index contributed by atoms with van der Waals surface area (Å²) in [4.78, 5) is 21.0. The number of carboxylic acid groups (broad SMARTS) is 1. The van der Waals surface area contributed by atoms with E-state index in [9.17, 15) is 14.7 Å². The second-order valence-electron chi connectivity index (χ2n) is 3.07. The van der Waals surface area contributed by atoms with Crippen LogP contribution in [-0.4, -0.2) is 18.4 Å². The summed E-state index contributed by atoms with van der Waals surface area (Å²) in [6, 6.07) is 9.33. The number of ketones is 1. The van der Waals surface area contributed by atoms with Crippen molar-refractivity contribution in [1.82, 2.24) is 0 Å². The van der Waals surface area contributed by atoms with Crippen LogP contribution in [0.2, 0.25) is 0 Å². The molecule has 0 amide bonds. The van der Waals surface area contributed by atoms with Crippen molar-refractivity contribution in [2.75, 3.05) is 6.61 Å². The molecular formula is C11H11O4-. The highest BCUT2D eigenvalue weighted by Crippen LogP contribution is 2.00. The van der Waals surface area contributed by atoms with Gasteiger partial charge in [-0.05, 0) is 5.56 Å². The third-order valence-electron chi connectivity index (χ3n) is 1.72. The molecule has 4 nitrogen and oxygen atoms in total. The molecule has 0 aliphatic carbocycles. The molecule has 80 valence electrons. The molecule has 0 spiro atoms. The van der Waals surface area contributed by atoms with Crippen molar-refractivity contribution in [3.63, 3.8) is 0 Å². The first-order valence-corrected chi connectivity index (χ1v) is 4.51. The SMILES string of the molecule is O=C([O-])CC(=O)COCc1ccccc1. The number of carbonyl (C=O) groups excluding carboxylic acids is 2. The van der Waals surface area contributed by atoms with E-state index in [2.05, 4.69) is 0 Å². The first-order valence-electron chi connectivity index (χ1n) is 4.51. The van der Waals surface area contributed by atoms with E-state index in [-0.39, 0.29) is 6.61 Å². The predicted molar refractivity (Wildman–Crippen MR) is 50.7 cm³/mol. The largest absolute Gasteiger partial charge is 0.550 e. The average molecular weight is 207 g/mol.